The van der Waals surface area contributed by atoms with Crippen LogP contribution in [0.15, 0.2) is 0 Å². The minimum atomic E-state index is -1.23. The molecule has 0 aliphatic rings. The molecule has 0 aromatic rings. The third-order valence-corrected chi connectivity index (χ3v) is 2.17. The van der Waals surface area contributed by atoms with Gasteiger partial charge >= 0.3 is 23.9 Å². The van der Waals surface area contributed by atoms with Crippen LogP contribution in [0.25, 0.3) is 0 Å². The molecule has 0 aromatic carbocycles. The maximum Gasteiger partial charge on any atom is 0.317 e. The molecule has 0 saturated carbocycles. The number of nitrogens with zero attached hydrogens (tertiary/aromatic N) is 2. The van der Waals surface area contributed by atoms with Crippen LogP contribution in [0.3, 0.4) is 0 Å². The van der Waals surface area contributed by atoms with E-state index in [0.29, 0.717) is 0 Å². The van der Waals surface area contributed by atoms with Crippen LogP contribution in [0.1, 0.15) is 0 Å². The molecule has 0 unspecified atom stereocenters. The topological polar surface area (TPSA) is 156 Å². The van der Waals surface area contributed by atoms with E-state index in [2.05, 4.69) is 0 Å². The minimum Gasteiger partial charge on any atom is -0.480 e. The zero-order valence-corrected chi connectivity index (χ0v) is 16.1. The van der Waals surface area contributed by atoms with Gasteiger partial charge in [-0.15, -0.1) is 0 Å². The van der Waals surface area contributed by atoms with Gasteiger partial charge in [0.1, 0.15) is 0 Å². The van der Waals surface area contributed by atoms with Gasteiger partial charge in [-0.1, -0.05) is 0 Å². The fourth-order valence-corrected chi connectivity index (χ4v) is 1.48. The molecule has 0 bridgehead atoms. The summed E-state index contributed by atoms with van der Waals surface area (Å²) in [4.78, 5) is 44.4. The number of carboxylic acid groups (broad SMARTS) is 4. The van der Waals surface area contributed by atoms with Crippen LogP contribution in [0.2, 0.25) is 0 Å². The molecule has 0 spiro atoms. The van der Waals surface area contributed by atoms with Crippen LogP contribution in [-0.4, -0.2) is 145 Å². The molecule has 0 aliphatic heterocycles. The second kappa shape index (κ2) is 14.5. The second-order valence-corrected chi connectivity index (χ2v) is 4.00. The van der Waals surface area contributed by atoms with Crippen molar-refractivity contribution in [2.45, 2.75) is 0 Å². The normalized spacial score (nSPS) is 9.73. The van der Waals surface area contributed by atoms with Crippen molar-refractivity contribution in [2.24, 2.45) is 0 Å². The molecule has 123 valence electrons. The molecular formula is C10H16FeKN2O8. The molecule has 1 radical (unpaired) electrons. The average molecular weight is 387 g/mol. The first-order valence-corrected chi connectivity index (χ1v) is 5.52. The van der Waals surface area contributed by atoms with Crippen molar-refractivity contribution in [2.75, 3.05) is 39.3 Å². The Morgan fingerprint density at radius 1 is 0.591 bits per heavy atom. The van der Waals surface area contributed by atoms with E-state index in [-0.39, 0.29) is 81.5 Å². The molecule has 22 heavy (non-hydrogen) atoms. The van der Waals surface area contributed by atoms with E-state index in [0.717, 1.165) is 9.80 Å². The molecule has 0 amide bonds. The number of carbonyl (C=O) groups is 4. The smallest absolute Gasteiger partial charge is 0.317 e. The first kappa shape index (κ1) is 26.8. The summed E-state index contributed by atoms with van der Waals surface area (Å²) in [5.41, 5.74) is 0. The van der Waals surface area contributed by atoms with Gasteiger partial charge in [0.15, 0.2) is 0 Å². The Bertz CT molecular complexity index is 327. The van der Waals surface area contributed by atoms with E-state index < -0.39 is 50.1 Å². The van der Waals surface area contributed by atoms with Crippen LogP contribution < -0.4 is 0 Å². The van der Waals surface area contributed by atoms with Crippen molar-refractivity contribution in [1.82, 2.24) is 9.80 Å². The van der Waals surface area contributed by atoms with Crippen molar-refractivity contribution in [3.8, 4) is 0 Å². The third kappa shape index (κ3) is 16.3. The molecule has 12 heteroatoms. The summed E-state index contributed by atoms with van der Waals surface area (Å²) in [6.45, 7) is -2.25. The summed E-state index contributed by atoms with van der Waals surface area (Å²) >= 11 is 0. The molecule has 0 fully saturated rings. The Morgan fingerprint density at radius 2 is 0.773 bits per heavy atom. The summed E-state index contributed by atoms with van der Waals surface area (Å²) in [5, 5.41) is 34.5. The average Bonchev–Trinajstić information content (AvgIpc) is 2.22. The number of carboxylic acids is 4. The minimum absolute atomic E-state index is 0. The molecule has 0 saturated heterocycles. The van der Waals surface area contributed by atoms with Gasteiger partial charge in [0.2, 0.25) is 0 Å². The molecule has 0 aromatic heterocycles. The molecule has 0 aliphatic carbocycles. The van der Waals surface area contributed by atoms with E-state index >= 15 is 0 Å². The number of rotatable bonds is 11. The van der Waals surface area contributed by atoms with Gasteiger partial charge < -0.3 is 20.4 Å². The number of hydrogen-bond acceptors (Lipinski definition) is 6. The standard InChI is InChI=1S/C10H16N2O8.Fe.K/c13-7(14)3-11(4-8(15)16)1-2-12(5-9(17)18)6-10(19)20;;/h1-6H2,(H,13,14)(H,15,16)(H,17,18)(H,19,20);;. The van der Waals surface area contributed by atoms with Gasteiger partial charge in [0.25, 0.3) is 0 Å². The van der Waals surface area contributed by atoms with Crippen LogP contribution in [0.5, 0.6) is 0 Å². The van der Waals surface area contributed by atoms with E-state index in [9.17, 15) is 19.2 Å². The van der Waals surface area contributed by atoms with Crippen LogP contribution in [0.4, 0.5) is 0 Å². The third-order valence-electron chi connectivity index (χ3n) is 2.17. The number of hydrogen-bond donors (Lipinski definition) is 4. The monoisotopic (exact) mass is 387 g/mol. The van der Waals surface area contributed by atoms with Crippen molar-refractivity contribution in [1.29, 1.82) is 0 Å². The Balaban J connectivity index is -0.00000180. The molecule has 10 nitrogen and oxygen atoms in total. The zero-order valence-electron chi connectivity index (χ0n) is 11.9. The molecule has 0 rings (SSSR count). The first-order valence-electron chi connectivity index (χ1n) is 5.52. The SMILES string of the molecule is O=C(O)CN(CCN(CC(=O)O)CC(=O)O)CC(=O)O.[Fe].[K]. The van der Waals surface area contributed by atoms with Crippen LogP contribution in [0, 0.1) is 0 Å². The van der Waals surface area contributed by atoms with Crippen LogP contribution >= 0.6 is 0 Å². The summed E-state index contributed by atoms with van der Waals surface area (Å²) in [6.07, 6.45) is 0. The van der Waals surface area contributed by atoms with Crippen molar-refractivity contribution in [3.63, 3.8) is 0 Å². The van der Waals surface area contributed by atoms with E-state index in [1.54, 1.807) is 0 Å². The number of aliphatic carboxylic acids is 4. The summed E-state index contributed by atoms with van der Waals surface area (Å²) in [5.74, 6) is -4.91. The van der Waals surface area contributed by atoms with Crippen molar-refractivity contribution >= 4 is 75.3 Å². The van der Waals surface area contributed by atoms with E-state index in [4.69, 9.17) is 20.4 Å². The van der Waals surface area contributed by atoms with E-state index in [1.807, 2.05) is 0 Å². The molecule has 0 heterocycles. The van der Waals surface area contributed by atoms with Gasteiger partial charge in [-0.05, 0) is 0 Å². The van der Waals surface area contributed by atoms with Crippen LogP contribution in [-0.2, 0) is 36.2 Å². The van der Waals surface area contributed by atoms with Gasteiger partial charge in [-0.2, -0.15) is 0 Å². The molecule has 0 atom stereocenters. The van der Waals surface area contributed by atoms with Gasteiger partial charge in [0, 0.05) is 81.5 Å². The Hall–Kier alpha value is -0.0442. The predicted molar refractivity (Wildman–Crippen MR) is 69.2 cm³/mol. The zero-order chi connectivity index (χ0) is 15.7. The summed E-state index contributed by atoms with van der Waals surface area (Å²) < 4.78 is 0. The quantitative estimate of drug-likeness (QED) is 0.281. The fourth-order valence-electron chi connectivity index (χ4n) is 1.48. The van der Waals surface area contributed by atoms with E-state index in [1.165, 1.54) is 0 Å². The molecule has 4 N–H and O–H groups in total. The largest absolute Gasteiger partial charge is 0.480 e. The first-order chi connectivity index (χ1) is 9.20. The summed E-state index contributed by atoms with van der Waals surface area (Å²) in [6, 6.07) is 0. The Labute approximate surface area is 179 Å². The maximum absolute atomic E-state index is 10.6. The summed E-state index contributed by atoms with van der Waals surface area (Å²) in [7, 11) is 0. The predicted octanol–water partition coefficient (Wildman–Crippen LogP) is -2.45. The van der Waals surface area contributed by atoms with Crippen molar-refractivity contribution < 1.29 is 56.7 Å². The van der Waals surface area contributed by atoms with Crippen molar-refractivity contribution in [3.05, 3.63) is 0 Å². The van der Waals surface area contributed by atoms with Gasteiger partial charge in [-0.25, -0.2) is 0 Å². The maximum atomic E-state index is 10.6. The van der Waals surface area contributed by atoms with Gasteiger partial charge in [-0.3, -0.25) is 29.0 Å². The Kier molecular flexibility index (Phi) is 17.7. The van der Waals surface area contributed by atoms with Gasteiger partial charge in [0.05, 0.1) is 26.2 Å². The second-order valence-electron chi connectivity index (χ2n) is 4.00. The fraction of sp³-hybridized carbons (Fsp3) is 0.600. The Morgan fingerprint density at radius 3 is 0.909 bits per heavy atom. The molecular weight excluding hydrogens is 371 g/mol.